The quantitative estimate of drug-likeness (QED) is 0.491. The van der Waals surface area contributed by atoms with Gasteiger partial charge in [0.2, 0.25) is 0 Å². The second-order valence-corrected chi connectivity index (χ2v) is 10.2. The summed E-state index contributed by atoms with van der Waals surface area (Å²) in [6.45, 7) is 9.59. The molecule has 0 spiro atoms. The summed E-state index contributed by atoms with van der Waals surface area (Å²) in [5, 5.41) is 1.08. The number of benzene rings is 2. The molecule has 0 radical (unpaired) electrons. The average molecular weight is 477 g/mol. The number of rotatable bonds is 7. The van der Waals surface area contributed by atoms with Crippen LogP contribution in [0.15, 0.2) is 48.5 Å². The number of likely N-dealkylation sites (N-methyl/N-ethyl adjacent to an activating group) is 1. The van der Waals surface area contributed by atoms with Crippen LogP contribution in [0, 0.1) is 18.7 Å². The molecule has 35 heavy (non-hydrogen) atoms. The third-order valence-electron chi connectivity index (χ3n) is 7.58. The Labute approximate surface area is 208 Å². The lowest BCUT2D eigenvalue weighted by Gasteiger charge is -2.35. The van der Waals surface area contributed by atoms with Gasteiger partial charge >= 0.3 is 0 Å². The normalized spacial score (nSPS) is 18.3. The van der Waals surface area contributed by atoms with Crippen molar-refractivity contribution >= 4 is 16.6 Å². The highest BCUT2D eigenvalue weighted by Gasteiger charge is 2.22. The Hall–Kier alpha value is -2.70. The number of piperidine rings is 1. The fourth-order valence-electron chi connectivity index (χ4n) is 5.36. The van der Waals surface area contributed by atoms with Crippen molar-refractivity contribution in [1.29, 1.82) is 0 Å². The Morgan fingerprint density at radius 1 is 0.971 bits per heavy atom. The molecule has 2 aliphatic rings. The first-order valence-corrected chi connectivity index (χ1v) is 13.0. The lowest BCUT2D eigenvalue weighted by molar-refractivity contribution is 0.155. The summed E-state index contributed by atoms with van der Waals surface area (Å²) in [6, 6.07) is 16.0. The van der Waals surface area contributed by atoms with Crippen LogP contribution in [0.2, 0.25) is 0 Å². The maximum Gasteiger partial charge on any atom is 0.146 e. The highest BCUT2D eigenvalue weighted by molar-refractivity contribution is 5.85. The van der Waals surface area contributed by atoms with Crippen molar-refractivity contribution in [3.63, 3.8) is 0 Å². The summed E-state index contributed by atoms with van der Waals surface area (Å²) in [6.07, 6.45) is 3.39. The number of halogens is 1. The van der Waals surface area contributed by atoms with E-state index in [-0.39, 0.29) is 5.82 Å². The Bertz CT molecular complexity index is 1140. The maximum absolute atomic E-state index is 14.5. The monoisotopic (exact) mass is 476 g/mol. The van der Waals surface area contributed by atoms with Crippen molar-refractivity contribution in [2.75, 3.05) is 64.4 Å². The van der Waals surface area contributed by atoms with E-state index in [0.29, 0.717) is 12.5 Å². The number of fused-ring (bicyclic) bond motifs is 1. The first kappa shape index (κ1) is 24.0. The number of hydrogen-bond donors (Lipinski definition) is 0. The number of piperazine rings is 1. The van der Waals surface area contributed by atoms with E-state index in [9.17, 15) is 4.39 Å². The van der Waals surface area contributed by atoms with Gasteiger partial charge in [0.25, 0.3) is 0 Å². The number of aryl methyl sites for hydroxylation is 1. The third-order valence-corrected chi connectivity index (χ3v) is 7.58. The van der Waals surface area contributed by atoms with Crippen molar-refractivity contribution in [2.24, 2.45) is 5.92 Å². The molecule has 0 amide bonds. The number of aromatic nitrogens is 1. The van der Waals surface area contributed by atoms with Crippen LogP contribution < -0.4 is 9.64 Å². The number of likely N-dealkylation sites (tertiary alicyclic amines) is 1. The minimum atomic E-state index is -0.0924. The number of hydrogen-bond acceptors (Lipinski definition) is 5. The molecule has 0 atom stereocenters. The van der Waals surface area contributed by atoms with Crippen molar-refractivity contribution < 1.29 is 9.13 Å². The van der Waals surface area contributed by atoms with E-state index in [1.54, 1.807) is 6.07 Å². The lowest BCUT2D eigenvalue weighted by Crippen LogP contribution is -2.44. The molecule has 2 aromatic carbocycles. The number of pyridine rings is 1. The van der Waals surface area contributed by atoms with E-state index in [4.69, 9.17) is 4.74 Å². The zero-order chi connectivity index (χ0) is 24.2. The van der Waals surface area contributed by atoms with Gasteiger partial charge in [0.05, 0.1) is 11.2 Å². The SMILES string of the molecule is Cc1ccc2c(OCCN3CCC(Cc4ccc(F)c(N5CCN(C)CC5)c4)CC3)cccc2n1. The van der Waals surface area contributed by atoms with Crippen molar-refractivity contribution in [2.45, 2.75) is 26.2 Å². The van der Waals surface area contributed by atoms with E-state index in [2.05, 4.69) is 38.9 Å². The van der Waals surface area contributed by atoms with Crippen LogP contribution in [0.1, 0.15) is 24.1 Å². The van der Waals surface area contributed by atoms with Gasteiger partial charge in [0.1, 0.15) is 18.2 Å². The average Bonchev–Trinajstić information content (AvgIpc) is 2.87. The van der Waals surface area contributed by atoms with E-state index in [0.717, 1.165) is 80.3 Å². The molecule has 0 bridgehead atoms. The molecule has 1 aromatic heterocycles. The largest absolute Gasteiger partial charge is 0.492 e. The summed E-state index contributed by atoms with van der Waals surface area (Å²) >= 11 is 0. The molecule has 0 saturated carbocycles. The minimum absolute atomic E-state index is 0.0924. The topological polar surface area (TPSA) is 31.8 Å². The lowest BCUT2D eigenvalue weighted by atomic mass is 9.90. The van der Waals surface area contributed by atoms with E-state index >= 15 is 0 Å². The summed E-state index contributed by atoms with van der Waals surface area (Å²) in [5.41, 5.74) is 4.06. The molecule has 2 aliphatic heterocycles. The van der Waals surface area contributed by atoms with Crippen LogP contribution in [-0.2, 0) is 6.42 Å². The van der Waals surface area contributed by atoms with Crippen LogP contribution >= 0.6 is 0 Å². The zero-order valence-electron chi connectivity index (χ0n) is 21.0. The molecule has 2 saturated heterocycles. The van der Waals surface area contributed by atoms with Crippen molar-refractivity contribution in [1.82, 2.24) is 14.8 Å². The fourth-order valence-corrected chi connectivity index (χ4v) is 5.36. The Balaban J connectivity index is 1.10. The Morgan fingerprint density at radius 3 is 2.57 bits per heavy atom. The van der Waals surface area contributed by atoms with Gasteiger partial charge in [-0.25, -0.2) is 4.39 Å². The fraction of sp³-hybridized carbons (Fsp3) is 0.483. The Kier molecular flexibility index (Phi) is 7.49. The molecule has 186 valence electrons. The van der Waals surface area contributed by atoms with E-state index in [1.165, 1.54) is 18.4 Å². The van der Waals surface area contributed by atoms with Crippen LogP contribution in [0.3, 0.4) is 0 Å². The van der Waals surface area contributed by atoms with E-state index < -0.39 is 0 Å². The number of nitrogens with zero attached hydrogens (tertiary/aromatic N) is 4. The van der Waals surface area contributed by atoms with Crippen LogP contribution in [0.5, 0.6) is 5.75 Å². The molecular weight excluding hydrogens is 439 g/mol. The molecule has 5 nitrogen and oxygen atoms in total. The summed E-state index contributed by atoms with van der Waals surface area (Å²) in [5.74, 6) is 1.48. The smallest absolute Gasteiger partial charge is 0.146 e. The van der Waals surface area contributed by atoms with Crippen molar-refractivity contribution in [3.05, 3.63) is 65.6 Å². The van der Waals surface area contributed by atoms with Gasteiger partial charge < -0.3 is 14.5 Å². The van der Waals surface area contributed by atoms with Gasteiger partial charge in [-0.3, -0.25) is 9.88 Å². The first-order valence-electron chi connectivity index (χ1n) is 13.0. The summed E-state index contributed by atoms with van der Waals surface area (Å²) in [7, 11) is 2.13. The molecule has 0 N–H and O–H groups in total. The molecule has 0 unspecified atom stereocenters. The van der Waals surface area contributed by atoms with Crippen LogP contribution in [0.4, 0.5) is 10.1 Å². The second kappa shape index (κ2) is 10.9. The van der Waals surface area contributed by atoms with Gasteiger partial charge in [-0.2, -0.15) is 0 Å². The highest BCUT2D eigenvalue weighted by atomic mass is 19.1. The van der Waals surface area contributed by atoms with Gasteiger partial charge in [-0.05, 0) is 94.2 Å². The molecule has 5 rings (SSSR count). The molecule has 6 heteroatoms. The van der Waals surface area contributed by atoms with Gasteiger partial charge in [-0.1, -0.05) is 12.1 Å². The van der Waals surface area contributed by atoms with Gasteiger partial charge in [-0.15, -0.1) is 0 Å². The molecular formula is C29H37FN4O. The van der Waals surface area contributed by atoms with Crippen molar-refractivity contribution in [3.8, 4) is 5.75 Å². The Morgan fingerprint density at radius 2 is 1.77 bits per heavy atom. The standard InChI is InChI=1S/C29H37FN4O/c1-22-6-8-25-27(31-22)4-3-5-29(25)35-19-18-33-12-10-23(11-13-33)20-24-7-9-26(30)28(21-24)34-16-14-32(2)15-17-34/h3-9,21,23H,10-20H2,1-2H3. The van der Waals surface area contributed by atoms with Gasteiger partial charge in [0, 0.05) is 43.8 Å². The third kappa shape index (κ3) is 5.93. The number of anilines is 1. The number of ether oxygens (including phenoxy) is 1. The molecule has 0 aliphatic carbocycles. The minimum Gasteiger partial charge on any atom is -0.492 e. The van der Waals surface area contributed by atoms with E-state index in [1.807, 2.05) is 37.3 Å². The first-order chi connectivity index (χ1) is 17.0. The maximum atomic E-state index is 14.5. The predicted octanol–water partition coefficient (Wildman–Crippen LogP) is 4.77. The second-order valence-electron chi connectivity index (χ2n) is 10.2. The predicted molar refractivity (Wildman–Crippen MR) is 141 cm³/mol. The summed E-state index contributed by atoms with van der Waals surface area (Å²) in [4.78, 5) is 11.6. The van der Waals surface area contributed by atoms with Crippen LogP contribution in [-0.4, -0.2) is 74.3 Å². The summed E-state index contributed by atoms with van der Waals surface area (Å²) < 4.78 is 20.7. The zero-order valence-corrected chi connectivity index (χ0v) is 21.0. The molecule has 3 heterocycles. The highest BCUT2D eigenvalue weighted by Crippen LogP contribution is 2.27. The molecule has 3 aromatic rings. The molecule has 2 fully saturated rings. The van der Waals surface area contributed by atoms with Gasteiger partial charge in [0.15, 0.2) is 0 Å². The van der Waals surface area contributed by atoms with Crippen LogP contribution in [0.25, 0.3) is 10.9 Å².